The summed E-state index contributed by atoms with van der Waals surface area (Å²) in [6.07, 6.45) is 0.861. The molecule has 2 aromatic rings. The summed E-state index contributed by atoms with van der Waals surface area (Å²) in [5.74, 6) is -0.483. The lowest BCUT2D eigenvalue weighted by molar-refractivity contribution is -0.0499. The molecule has 9 heteroatoms. The molecule has 4 nitrogen and oxygen atoms in total. The molecule has 0 radical (unpaired) electrons. The van der Waals surface area contributed by atoms with E-state index < -0.39 is 21.4 Å². The van der Waals surface area contributed by atoms with Gasteiger partial charge >= 0.3 is 15.6 Å². The van der Waals surface area contributed by atoms with Crippen molar-refractivity contribution >= 4 is 37.0 Å². The van der Waals surface area contributed by atoms with Crippen LogP contribution >= 0.6 is 15.9 Å². The normalized spacial score (nSPS) is 12.9. The lowest BCUT2D eigenvalue weighted by Gasteiger charge is -2.11. The van der Waals surface area contributed by atoms with Crippen LogP contribution in [-0.4, -0.2) is 13.9 Å². The van der Waals surface area contributed by atoms with E-state index >= 15 is 0 Å². The van der Waals surface area contributed by atoms with E-state index in [1.165, 1.54) is 0 Å². The second kappa shape index (κ2) is 4.91. The molecular formula is C12H10BrF3O4S. The van der Waals surface area contributed by atoms with Gasteiger partial charge in [0.15, 0.2) is 5.75 Å². The van der Waals surface area contributed by atoms with Crippen molar-refractivity contribution < 1.29 is 30.2 Å². The van der Waals surface area contributed by atoms with E-state index in [4.69, 9.17) is 4.42 Å². The average molecular weight is 387 g/mol. The monoisotopic (exact) mass is 386 g/mol. The van der Waals surface area contributed by atoms with Crippen LogP contribution in [0.1, 0.15) is 16.7 Å². The maximum atomic E-state index is 12.4. The van der Waals surface area contributed by atoms with Crippen LogP contribution in [0.5, 0.6) is 5.75 Å². The lowest BCUT2D eigenvalue weighted by Crippen LogP contribution is -2.28. The van der Waals surface area contributed by atoms with Crippen molar-refractivity contribution in [2.75, 3.05) is 0 Å². The van der Waals surface area contributed by atoms with Crippen LogP contribution in [0.2, 0.25) is 0 Å². The Bertz CT molecular complexity index is 821. The molecule has 0 spiro atoms. The van der Waals surface area contributed by atoms with Crippen LogP contribution in [0.25, 0.3) is 11.0 Å². The number of halogens is 4. The molecule has 0 N–H and O–H groups in total. The van der Waals surface area contributed by atoms with Crippen LogP contribution in [0, 0.1) is 20.8 Å². The molecule has 21 heavy (non-hydrogen) atoms. The van der Waals surface area contributed by atoms with Gasteiger partial charge in [0.2, 0.25) is 0 Å². The maximum Gasteiger partial charge on any atom is 0.534 e. The van der Waals surface area contributed by atoms with Crippen LogP contribution < -0.4 is 4.18 Å². The Morgan fingerprint density at radius 3 is 2.24 bits per heavy atom. The van der Waals surface area contributed by atoms with Crippen molar-refractivity contribution in [3.8, 4) is 5.75 Å². The topological polar surface area (TPSA) is 56.5 Å². The molecule has 1 aromatic carbocycles. The average Bonchev–Trinajstić information content (AvgIpc) is 2.75. The number of aryl methyl sites for hydroxylation is 2. The third-order valence-electron chi connectivity index (χ3n) is 3.18. The summed E-state index contributed by atoms with van der Waals surface area (Å²) in [5, 5.41) is 0.192. The fraction of sp³-hybridized carbons (Fsp3) is 0.333. The van der Waals surface area contributed by atoms with Crippen molar-refractivity contribution in [1.82, 2.24) is 0 Å². The molecule has 0 bridgehead atoms. The minimum absolute atomic E-state index is 0.192. The summed E-state index contributed by atoms with van der Waals surface area (Å²) in [5.41, 5.74) is -3.14. The van der Waals surface area contributed by atoms with Crippen molar-refractivity contribution in [3.63, 3.8) is 0 Å². The van der Waals surface area contributed by atoms with Gasteiger partial charge in [-0.1, -0.05) is 15.9 Å². The molecule has 0 aliphatic carbocycles. The van der Waals surface area contributed by atoms with Gasteiger partial charge in [-0.25, -0.2) is 0 Å². The summed E-state index contributed by atoms with van der Waals surface area (Å²) in [7, 11) is -5.74. The third-order valence-corrected chi connectivity index (χ3v) is 5.33. The van der Waals surface area contributed by atoms with Crippen LogP contribution in [-0.2, 0) is 10.1 Å². The van der Waals surface area contributed by atoms with Crippen molar-refractivity contribution in [3.05, 3.63) is 27.4 Å². The number of alkyl halides is 3. The van der Waals surface area contributed by atoms with E-state index in [2.05, 4.69) is 20.1 Å². The van der Waals surface area contributed by atoms with Gasteiger partial charge < -0.3 is 8.60 Å². The fourth-order valence-electron chi connectivity index (χ4n) is 1.93. The van der Waals surface area contributed by atoms with Crippen molar-refractivity contribution in [2.24, 2.45) is 0 Å². The van der Waals surface area contributed by atoms with E-state index in [1.54, 1.807) is 20.8 Å². The first-order chi connectivity index (χ1) is 9.47. The number of benzene rings is 1. The zero-order valence-corrected chi connectivity index (χ0v) is 13.5. The number of rotatable bonds is 2. The van der Waals surface area contributed by atoms with Gasteiger partial charge in [-0.15, -0.1) is 0 Å². The molecule has 0 amide bonds. The predicted molar refractivity (Wildman–Crippen MR) is 73.7 cm³/mol. The quantitative estimate of drug-likeness (QED) is 0.568. The summed E-state index contributed by atoms with van der Waals surface area (Å²) < 4.78 is 69.4. The second-order valence-corrected chi connectivity index (χ2v) is 6.81. The Balaban J connectivity index is 2.69. The third kappa shape index (κ3) is 2.52. The molecule has 0 saturated heterocycles. The Hall–Kier alpha value is -1.22. The Kier molecular flexibility index (Phi) is 3.78. The lowest BCUT2D eigenvalue weighted by atomic mass is 10.0. The minimum Gasteiger partial charge on any atom is -0.460 e. The van der Waals surface area contributed by atoms with Gasteiger partial charge in [0, 0.05) is 4.47 Å². The highest BCUT2D eigenvalue weighted by molar-refractivity contribution is 9.10. The molecule has 1 heterocycles. The zero-order valence-electron chi connectivity index (χ0n) is 11.1. The highest BCUT2D eigenvalue weighted by atomic mass is 79.9. The van der Waals surface area contributed by atoms with Crippen molar-refractivity contribution in [2.45, 2.75) is 26.3 Å². The standard InChI is InChI=1S/C12H10BrF3O4S/c1-5-6(2)11-9(7(3)10(5)13)8(4-19-11)20-21(17,18)12(14,15)16/h4H,1-3H3. The molecule has 1 aromatic heterocycles. The Morgan fingerprint density at radius 1 is 1.14 bits per heavy atom. The number of fused-ring (bicyclic) bond motifs is 1. The molecule has 0 saturated carbocycles. The van der Waals surface area contributed by atoms with E-state index in [-0.39, 0.29) is 5.39 Å². The first-order valence-corrected chi connectivity index (χ1v) is 7.84. The highest BCUT2D eigenvalue weighted by Crippen LogP contribution is 2.40. The molecular weight excluding hydrogens is 377 g/mol. The highest BCUT2D eigenvalue weighted by Gasteiger charge is 2.49. The zero-order chi connectivity index (χ0) is 16.2. The van der Waals surface area contributed by atoms with Gasteiger partial charge in [-0.05, 0) is 37.5 Å². The van der Waals surface area contributed by atoms with Crippen LogP contribution in [0.15, 0.2) is 15.2 Å². The minimum atomic E-state index is -5.74. The SMILES string of the molecule is Cc1c(Br)c(C)c2c(OS(=O)(=O)C(F)(F)F)coc2c1C. The second-order valence-electron chi connectivity index (χ2n) is 4.48. The summed E-state index contributed by atoms with van der Waals surface area (Å²) in [4.78, 5) is 0. The summed E-state index contributed by atoms with van der Waals surface area (Å²) >= 11 is 3.32. The van der Waals surface area contributed by atoms with E-state index in [1.807, 2.05) is 0 Å². The number of hydrogen-bond acceptors (Lipinski definition) is 4. The first kappa shape index (κ1) is 16.2. The molecule has 0 aliphatic heterocycles. The van der Waals surface area contributed by atoms with Crippen LogP contribution in [0.4, 0.5) is 13.2 Å². The van der Waals surface area contributed by atoms with Gasteiger partial charge in [-0.3, -0.25) is 0 Å². The molecule has 116 valence electrons. The number of hydrogen-bond donors (Lipinski definition) is 0. The Morgan fingerprint density at radius 2 is 1.71 bits per heavy atom. The summed E-state index contributed by atoms with van der Waals surface area (Å²) in [6.45, 7) is 5.15. The maximum absolute atomic E-state index is 12.4. The van der Waals surface area contributed by atoms with Crippen molar-refractivity contribution in [1.29, 1.82) is 0 Å². The van der Waals surface area contributed by atoms with Gasteiger partial charge in [0.05, 0.1) is 5.39 Å². The van der Waals surface area contributed by atoms with E-state index in [9.17, 15) is 21.6 Å². The van der Waals surface area contributed by atoms with Gasteiger partial charge in [-0.2, -0.15) is 21.6 Å². The fourth-order valence-corrected chi connectivity index (χ4v) is 2.87. The molecule has 0 unspecified atom stereocenters. The van der Waals surface area contributed by atoms with E-state index in [0.717, 1.165) is 11.8 Å². The molecule has 0 fully saturated rings. The van der Waals surface area contributed by atoms with Gasteiger partial charge in [0.25, 0.3) is 0 Å². The van der Waals surface area contributed by atoms with E-state index in [0.29, 0.717) is 21.2 Å². The molecule has 0 aliphatic rings. The predicted octanol–water partition coefficient (Wildman–Crippen LogP) is 4.35. The Labute approximate surface area is 127 Å². The molecule has 0 atom stereocenters. The van der Waals surface area contributed by atoms with Gasteiger partial charge in [0.1, 0.15) is 11.8 Å². The largest absolute Gasteiger partial charge is 0.534 e. The summed E-state index contributed by atoms with van der Waals surface area (Å²) in [6, 6.07) is 0. The van der Waals surface area contributed by atoms with Crippen LogP contribution in [0.3, 0.4) is 0 Å². The molecule has 2 rings (SSSR count). The number of furan rings is 1. The first-order valence-electron chi connectivity index (χ1n) is 5.64. The smallest absolute Gasteiger partial charge is 0.460 e.